The van der Waals surface area contributed by atoms with Crippen LogP contribution < -0.4 is 0 Å². The van der Waals surface area contributed by atoms with E-state index in [1.807, 2.05) is 29.2 Å². The molecule has 2 aromatic rings. The van der Waals surface area contributed by atoms with E-state index in [2.05, 4.69) is 25.8 Å². The average Bonchev–Trinajstić information content (AvgIpc) is 3.17. The van der Waals surface area contributed by atoms with Crippen LogP contribution in [0.25, 0.3) is 0 Å². The molecule has 2 rings (SSSR count). The van der Waals surface area contributed by atoms with Crippen LogP contribution in [0.3, 0.4) is 0 Å². The third-order valence-corrected chi connectivity index (χ3v) is 5.39. The second kappa shape index (κ2) is 11.0. The minimum atomic E-state index is -0.453. The Balaban J connectivity index is 2.13. The van der Waals surface area contributed by atoms with Gasteiger partial charge in [-0.15, -0.1) is 11.3 Å². The van der Waals surface area contributed by atoms with Gasteiger partial charge < -0.3 is 9.64 Å². The molecule has 0 saturated heterocycles. The number of unbranched alkanes of at least 4 members (excludes halogenated alkanes) is 1. The van der Waals surface area contributed by atoms with Crippen molar-refractivity contribution in [3.05, 3.63) is 51.5 Å². The van der Waals surface area contributed by atoms with Gasteiger partial charge in [-0.25, -0.2) is 9.78 Å². The minimum absolute atomic E-state index is 0.00231. The quantitative estimate of drug-likeness (QED) is 0.527. The first-order valence-corrected chi connectivity index (χ1v) is 10.7. The van der Waals surface area contributed by atoms with Gasteiger partial charge in [-0.05, 0) is 42.9 Å². The largest absolute Gasteiger partial charge is 0.464 e. The number of carbonyl (C=O) groups excluding carboxylic acids is 2. The molecule has 0 fully saturated rings. The SMILES string of the molecule is CCCCc1ccc(C(=O)N(CCC(C)C)Cc2nc(C(=O)OC)cs2)cc1. The summed E-state index contributed by atoms with van der Waals surface area (Å²) in [6.45, 7) is 7.51. The van der Waals surface area contributed by atoms with Gasteiger partial charge in [-0.1, -0.05) is 39.3 Å². The van der Waals surface area contributed by atoms with E-state index >= 15 is 0 Å². The number of nitrogens with zero attached hydrogens (tertiary/aromatic N) is 2. The van der Waals surface area contributed by atoms with Crippen molar-refractivity contribution in [2.24, 2.45) is 5.92 Å². The molecule has 0 atom stereocenters. The summed E-state index contributed by atoms with van der Waals surface area (Å²) < 4.78 is 4.71. The van der Waals surface area contributed by atoms with Crippen molar-refractivity contribution in [3.8, 4) is 0 Å². The molecule has 5 nitrogen and oxygen atoms in total. The van der Waals surface area contributed by atoms with Crippen molar-refractivity contribution in [2.75, 3.05) is 13.7 Å². The summed E-state index contributed by atoms with van der Waals surface area (Å²) in [5.41, 5.74) is 2.24. The predicted molar refractivity (Wildman–Crippen MR) is 113 cm³/mol. The van der Waals surface area contributed by atoms with Crippen molar-refractivity contribution in [1.82, 2.24) is 9.88 Å². The summed E-state index contributed by atoms with van der Waals surface area (Å²) in [5.74, 6) is 0.0383. The maximum Gasteiger partial charge on any atom is 0.357 e. The first-order chi connectivity index (χ1) is 13.4. The summed E-state index contributed by atoms with van der Waals surface area (Å²) in [7, 11) is 1.34. The van der Waals surface area contributed by atoms with E-state index < -0.39 is 5.97 Å². The molecule has 0 aliphatic heterocycles. The summed E-state index contributed by atoms with van der Waals surface area (Å²) in [5, 5.41) is 2.41. The molecule has 0 bridgehead atoms. The lowest BCUT2D eigenvalue weighted by atomic mass is 10.1. The van der Waals surface area contributed by atoms with Gasteiger partial charge in [-0.3, -0.25) is 4.79 Å². The van der Waals surface area contributed by atoms with Crippen LogP contribution in [0.4, 0.5) is 0 Å². The number of aryl methyl sites for hydroxylation is 1. The fourth-order valence-corrected chi connectivity index (χ4v) is 3.57. The molecule has 1 aromatic heterocycles. The highest BCUT2D eigenvalue weighted by Crippen LogP contribution is 2.17. The molecule has 0 saturated carbocycles. The molecule has 0 radical (unpaired) electrons. The molecule has 6 heteroatoms. The highest BCUT2D eigenvalue weighted by molar-refractivity contribution is 7.09. The van der Waals surface area contributed by atoms with Crippen molar-refractivity contribution < 1.29 is 14.3 Å². The summed E-state index contributed by atoms with van der Waals surface area (Å²) in [6.07, 6.45) is 4.26. The molecule has 0 unspecified atom stereocenters. The number of methoxy groups -OCH3 is 1. The van der Waals surface area contributed by atoms with E-state index in [4.69, 9.17) is 4.74 Å². The number of aromatic nitrogens is 1. The van der Waals surface area contributed by atoms with Gasteiger partial charge >= 0.3 is 5.97 Å². The molecule has 1 amide bonds. The summed E-state index contributed by atoms with van der Waals surface area (Å²) >= 11 is 1.37. The van der Waals surface area contributed by atoms with E-state index in [9.17, 15) is 9.59 Å². The molecular weight excluding hydrogens is 372 g/mol. The minimum Gasteiger partial charge on any atom is -0.464 e. The number of hydrogen-bond acceptors (Lipinski definition) is 5. The van der Waals surface area contributed by atoms with Crippen LogP contribution in [0.1, 0.15) is 71.5 Å². The van der Waals surface area contributed by atoms with Gasteiger partial charge in [0.2, 0.25) is 0 Å². The van der Waals surface area contributed by atoms with Crippen LogP contribution in [0.2, 0.25) is 0 Å². The zero-order valence-corrected chi connectivity index (χ0v) is 18.1. The van der Waals surface area contributed by atoms with Crippen LogP contribution in [0.15, 0.2) is 29.6 Å². The van der Waals surface area contributed by atoms with Crippen molar-refractivity contribution >= 4 is 23.2 Å². The molecule has 28 heavy (non-hydrogen) atoms. The third-order valence-electron chi connectivity index (χ3n) is 4.56. The Morgan fingerprint density at radius 2 is 1.93 bits per heavy atom. The van der Waals surface area contributed by atoms with E-state index in [0.717, 1.165) is 30.7 Å². The van der Waals surface area contributed by atoms with Crippen LogP contribution in [-0.2, 0) is 17.7 Å². The molecule has 0 aliphatic rings. The summed E-state index contributed by atoms with van der Waals surface area (Å²) in [6, 6.07) is 7.92. The number of rotatable bonds is 10. The number of esters is 1. The average molecular weight is 403 g/mol. The van der Waals surface area contributed by atoms with Gasteiger partial charge in [0.15, 0.2) is 5.69 Å². The van der Waals surface area contributed by atoms with Crippen LogP contribution in [-0.4, -0.2) is 35.4 Å². The first-order valence-electron chi connectivity index (χ1n) is 9.85. The maximum atomic E-state index is 13.1. The van der Waals surface area contributed by atoms with Crippen molar-refractivity contribution in [2.45, 2.75) is 53.0 Å². The Hall–Kier alpha value is -2.21. The molecule has 0 aliphatic carbocycles. The maximum absolute atomic E-state index is 13.1. The molecule has 0 spiro atoms. The number of ether oxygens (including phenoxy) is 1. The Labute approximate surface area is 171 Å². The van der Waals surface area contributed by atoms with Gasteiger partial charge in [0.1, 0.15) is 5.01 Å². The Bertz CT molecular complexity index is 768. The standard InChI is InChI=1S/C22H30N2O3S/c1-5-6-7-17-8-10-18(11-9-17)21(25)24(13-12-16(2)3)14-20-23-19(15-28-20)22(26)27-4/h8-11,15-16H,5-7,12-14H2,1-4H3. The fourth-order valence-electron chi connectivity index (χ4n) is 2.79. The highest BCUT2D eigenvalue weighted by Gasteiger charge is 2.19. The zero-order chi connectivity index (χ0) is 20.5. The van der Waals surface area contributed by atoms with Gasteiger partial charge in [0, 0.05) is 17.5 Å². The molecule has 1 heterocycles. The van der Waals surface area contributed by atoms with Gasteiger partial charge in [-0.2, -0.15) is 0 Å². The number of hydrogen-bond donors (Lipinski definition) is 0. The lowest BCUT2D eigenvalue weighted by Gasteiger charge is -2.23. The van der Waals surface area contributed by atoms with Crippen LogP contribution in [0, 0.1) is 5.92 Å². The lowest BCUT2D eigenvalue weighted by Crippen LogP contribution is -2.32. The topological polar surface area (TPSA) is 59.5 Å². The third kappa shape index (κ3) is 6.44. The zero-order valence-electron chi connectivity index (χ0n) is 17.2. The predicted octanol–water partition coefficient (Wildman–Crippen LogP) is 4.96. The Kier molecular flexibility index (Phi) is 8.64. The monoisotopic (exact) mass is 402 g/mol. The Morgan fingerprint density at radius 3 is 2.54 bits per heavy atom. The molecular formula is C22H30N2O3S. The van der Waals surface area contributed by atoms with E-state index in [-0.39, 0.29) is 5.91 Å². The smallest absolute Gasteiger partial charge is 0.357 e. The number of thiazole rings is 1. The first kappa shape index (κ1) is 22.1. The summed E-state index contributed by atoms with van der Waals surface area (Å²) in [4.78, 5) is 30.9. The normalized spacial score (nSPS) is 10.9. The van der Waals surface area contributed by atoms with Gasteiger partial charge in [0.25, 0.3) is 5.91 Å². The number of amides is 1. The molecule has 152 valence electrons. The highest BCUT2D eigenvalue weighted by atomic mass is 32.1. The number of benzene rings is 1. The van der Waals surface area contributed by atoms with E-state index in [1.54, 1.807) is 5.38 Å². The van der Waals surface area contributed by atoms with Crippen molar-refractivity contribution in [3.63, 3.8) is 0 Å². The van der Waals surface area contributed by atoms with Crippen LogP contribution in [0.5, 0.6) is 0 Å². The Morgan fingerprint density at radius 1 is 1.21 bits per heavy atom. The lowest BCUT2D eigenvalue weighted by molar-refractivity contribution is 0.0594. The van der Waals surface area contributed by atoms with Gasteiger partial charge in [0.05, 0.1) is 13.7 Å². The fraction of sp³-hybridized carbons (Fsp3) is 0.500. The molecule has 0 N–H and O–H groups in total. The number of carbonyl (C=O) groups is 2. The van der Waals surface area contributed by atoms with Crippen LogP contribution >= 0.6 is 11.3 Å². The van der Waals surface area contributed by atoms with Crippen molar-refractivity contribution in [1.29, 1.82) is 0 Å². The second-order valence-electron chi connectivity index (χ2n) is 7.33. The van der Waals surface area contributed by atoms with E-state index in [1.165, 1.54) is 24.0 Å². The second-order valence-corrected chi connectivity index (χ2v) is 8.27. The van der Waals surface area contributed by atoms with E-state index in [0.29, 0.717) is 30.3 Å². The molecule has 1 aromatic carbocycles.